The first-order chi connectivity index (χ1) is 10.5. The summed E-state index contributed by atoms with van der Waals surface area (Å²) < 4.78 is 16.3. The smallest absolute Gasteiger partial charge is 0.115 e. The number of aliphatic hydroxyl groups excluding tert-OH is 1. The monoisotopic (exact) mass is 328 g/mol. The number of nitrogens with zero attached hydrogens (tertiary/aromatic N) is 2. The summed E-state index contributed by atoms with van der Waals surface area (Å²) in [6.45, 7) is 0.245. The van der Waals surface area contributed by atoms with E-state index >= 15 is 0 Å². The van der Waals surface area contributed by atoms with Crippen molar-refractivity contribution < 1.29 is 49.8 Å². The van der Waals surface area contributed by atoms with Crippen molar-refractivity contribution in [1.29, 1.82) is 0 Å². The van der Waals surface area contributed by atoms with Crippen LogP contribution in [-0.2, 0) is 23.9 Å². The lowest BCUT2D eigenvalue weighted by Gasteiger charge is -2.21. The van der Waals surface area contributed by atoms with E-state index in [1.807, 2.05) is 0 Å². The first-order valence-electron chi connectivity index (χ1n) is 6.65. The average Bonchev–Trinajstić information content (AvgIpc) is 2.99. The van der Waals surface area contributed by atoms with Gasteiger partial charge in [0, 0.05) is 13.0 Å². The number of rotatable bonds is 9. The molecule has 2 saturated heterocycles. The van der Waals surface area contributed by atoms with Gasteiger partial charge < -0.3 is 19.3 Å². The van der Waals surface area contributed by atoms with Crippen molar-refractivity contribution in [2.45, 2.75) is 36.9 Å². The lowest BCUT2D eigenvalue weighted by atomic mass is 10.1. The SMILES string of the molecule is O[C@@H]1CO[C@H]2[C@@H]1OC[C@H]2OCCC(CON(O)O)ON(O)O. The van der Waals surface area contributed by atoms with Crippen molar-refractivity contribution >= 4 is 0 Å². The highest BCUT2D eigenvalue weighted by Crippen LogP contribution is 2.28. The van der Waals surface area contributed by atoms with Crippen LogP contribution in [0.25, 0.3) is 0 Å². The Labute approximate surface area is 125 Å². The summed E-state index contributed by atoms with van der Waals surface area (Å²) in [6.07, 6.45) is -2.52. The van der Waals surface area contributed by atoms with Gasteiger partial charge in [-0.1, -0.05) is 0 Å². The van der Waals surface area contributed by atoms with E-state index in [0.717, 1.165) is 0 Å². The molecule has 2 aliphatic heterocycles. The van der Waals surface area contributed by atoms with Gasteiger partial charge in [0.1, 0.15) is 37.1 Å². The molecule has 0 saturated carbocycles. The molecule has 0 aromatic carbocycles. The van der Waals surface area contributed by atoms with Crippen LogP contribution in [0.5, 0.6) is 0 Å². The van der Waals surface area contributed by atoms with E-state index in [2.05, 4.69) is 9.68 Å². The second-order valence-electron chi connectivity index (χ2n) is 4.89. The van der Waals surface area contributed by atoms with E-state index in [4.69, 9.17) is 35.0 Å². The highest BCUT2D eigenvalue weighted by atomic mass is 17.1. The van der Waals surface area contributed by atoms with E-state index in [1.165, 1.54) is 0 Å². The topological polar surface area (TPSA) is 154 Å². The zero-order chi connectivity index (χ0) is 16.1. The molecule has 12 nitrogen and oxygen atoms in total. The van der Waals surface area contributed by atoms with Crippen molar-refractivity contribution in [3.05, 3.63) is 0 Å². The predicted octanol–water partition coefficient (Wildman–Crippen LogP) is -1.69. The molecule has 2 fully saturated rings. The van der Waals surface area contributed by atoms with Gasteiger partial charge in [-0.3, -0.25) is 20.8 Å². The van der Waals surface area contributed by atoms with Crippen molar-refractivity contribution in [1.82, 2.24) is 10.8 Å². The maximum atomic E-state index is 9.60. The molecule has 22 heavy (non-hydrogen) atoms. The van der Waals surface area contributed by atoms with Crippen LogP contribution in [-0.4, -0.2) is 93.7 Å². The number of hydrogen-bond donors (Lipinski definition) is 5. The Kier molecular flexibility index (Phi) is 6.82. The lowest BCUT2D eigenvalue weighted by molar-refractivity contribution is -0.527. The van der Waals surface area contributed by atoms with Gasteiger partial charge in [0.15, 0.2) is 0 Å². The Bertz CT molecular complexity index is 333. The fourth-order valence-electron chi connectivity index (χ4n) is 2.39. The van der Waals surface area contributed by atoms with Crippen LogP contribution in [0, 0.1) is 0 Å². The normalized spacial score (nSPS) is 32.9. The zero-order valence-corrected chi connectivity index (χ0v) is 11.6. The summed E-state index contributed by atoms with van der Waals surface area (Å²) in [5.74, 6) is 0. The Hall–Kier alpha value is -0.480. The predicted molar refractivity (Wildman–Crippen MR) is 61.5 cm³/mol. The van der Waals surface area contributed by atoms with E-state index in [-0.39, 0.29) is 45.1 Å². The molecule has 12 heteroatoms. The van der Waals surface area contributed by atoms with Crippen LogP contribution in [0.2, 0.25) is 0 Å². The molecule has 0 amide bonds. The average molecular weight is 328 g/mol. The van der Waals surface area contributed by atoms with Crippen molar-refractivity contribution in [3.63, 3.8) is 0 Å². The molecule has 5 N–H and O–H groups in total. The summed E-state index contributed by atoms with van der Waals surface area (Å²) in [5, 5.41) is 42.7. The minimum atomic E-state index is -0.912. The van der Waals surface area contributed by atoms with E-state index in [1.54, 1.807) is 0 Å². The molecule has 2 heterocycles. The molecule has 130 valence electrons. The maximum Gasteiger partial charge on any atom is 0.115 e. The molecular formula is C10H20N2O10. The summed E-state index contributed by atoms with van der Waals surface area (Å²) in [6, 6.07) is 0. The van der Waals surface area contributed by atoms with E-state index in [9.17, 15) is 5.11 Å². The third kappa shape index (κ3) is 5.02. The quantitative estimate of drug-likeness (QED) is 0.307. The van der Waals surface area contributed by atoms with E-state index < -0.39 is 29.1 Å². The molecule has 0 radical (unpaired) electrons. The van der Waals surface area contributed by atoms with Crippen LogP contribution in [0.1, 0.15) is 6.42 Å². The van der Waals surface area contributed by atoms with Gasteiger partial charge in [-0.25, -0.2) is 9.68 Å². The Morgan fingerprint density at radius 3 is 2.45 bits per heavy atom. The summed E-state index contributed by atoms with van der Waals surface area (Å²) in [7, 11) is 0. The standard InChI is InChI=1S/C10H20N2O10/c13-7-4-19-10-8(5-20-9(7)10)18-2-1-6(22-12(16)17)3-21-11(14)15/h6-10,13-17H,1-5H2/t6?,7-,8-,9-,10-/m1/s1. The van der Waals surface area contributed by atoms with Crippen LogP contribution in [0.4, 0.5) is 0 Å². The zero-order valence-electron chi connectivity index (χ0n) is 11.6. The van der Waals surface area contributed by atoms with Crippen LogP contribution >= 0.6 is 0 Å². The third-order valence-electron chi connectivity index (χ3n) is 3.37. The van der Waals surface area contributed by atoms with Crippen molar-refractivity contribution in [2.24, 2.45) is 0 Å². The van der Waals surface area contributed by atoms with Crippen molar-refractivity contribution in [2.75, 3.05) is 26.4 Å². The second kappa shape index (κ2) is 8.39. The first kappa shape index (κ1) is 17.9. The van der Waals surface area contributed by atoms with Gasteiger partial charge in [-0.05, 0) is 0 Å². The number of ether oxygens (including phenoxy) is 3. The number of hydrogen-bond acceptors (Lipinski definition) is 12. The van der Waals surface area contributed by atoms with Gasteiger partial charge >= 0.3 is 0 Å². The lowest BCUT2D eigenvalue weighted by Crippen LogP contribution is -2.35. The molecule has 2 aliphatic rings. The Balaban J connectivity index is 1.70. The molecule has 2 rings (SSSR count). The highest BCUT2D eigenvalue weighted by Gasteiger charge is 2.47. The highest BCUT2D eigenvalue weighted by molar-refractivity contribution is 4.94. The van der Waals surface area contributed by atoms with Crippen LogP contribution in [0.3, 0.4) is 0 Å². The molecule has 0 aromatic heterocycles. The van der Waals surface area contributed by atoms with Gasteiger partial charge in [0.25, 0.3) is 0 Å². The van der Waals surface area contributed by atoms with Crippen molar-refractivity contribution in [3.8, 4) is 0 Å². The molecule has 0 bridgehead atoms. The molecule has 0 spiro atoms. The van der Waals surface area contributed by atoms with Crippen LogP contribution in [0.15, 0.2) is 0 Å². The van der Waals surface area contributed by atoms with Crippen LogP contribution < -0.4 is 0 Å². The Morgan fingerprint density at radius 2 is 1.77 bits per heavy atom. The van der Waals surface area contributed by atoms with Gasteiger partial charge in [-0.15, -0.1) is 0 Å². The minimum Gasteiger partial charge on any atom is -0.388 e. The third-order valence-corrected chi connectivity index (χ3v) is 3.37. The summed E-state index contributed by atoms with van der Waals surface area (Å²) >= 11 is 0. The molecule has 5 atom stereocenters. The maximum absolute atomic E-state index is 9.60. The fraction of sp³-hybridized carbons (Fsp3) is 1.00. The molecule has 1 unspecified atom stereocenters. The Morgan fingerprint density at radius 1 is 1.05 bits per heavy atom. The summed E-state index contributed by atoms with van der Waals surface area (Å²) in [5.41, 5.74) is 0. The molecule has 0 aliphatic carbocycles. The number of aliphatic hydroxyl groups is 1. The van der Waals surface area contributed by atoms with Gasteiger partial charge in [0.05, 0.1) is 24.0 Å². The number of fused-ring (bicyclic) bond motifs is 1. The minimum absolute atomic E-state index is 0.134. The van der Waals surface area contributed by atoms with Gasteiger partial charge in [-0.2, -0.15) is 0 Å². The first-order valence-corrected chi connectivity index (χ1v) is 6.65. The second-order valence-corrected chi connectivity index (χ2v) is 4.89. The van der Waals surface area contributed by atoms with Gasteiger partial charge in [0.2, 0.25) is 0 Å². The molecular weight excluding hydrogens is 308 g/mol. The summed E-state index contributed by atoms with van der Waals surface area (Å²) in [4.78, 5) is 8.90. The largest absolute Gasteiger partial charge is 0.388 e. The molecule has 0 aromatic rings. The van der Waals surface area contributed by atoms with E-state index in [0.29, 0.717) is 0 Å². The fourth-order valence-corrected chi connectivity index (χ4v) is 2.39.